The van der Waals surface area contributed by atoms with Gasteiger partial charge >= 0.3 is 0 Å². The van der Waals surface area contributed by atoms with Gasteiger partial charge < -0.3 is 5.73 Å². The van der Waals surface area contributed by atoms with Crippen LogP contribution in [0.4, 0.5) is 0 Å². The normalized spacial score (nSPS) is 10.8. The lowest BCUT2D eigenvalue weighted by Gasteiger charge is -2.22. The molecule has 0 fully saturated rings. The molecule has 4 nitrogen and oxygen atoms in total. The first-order chi connectivity index (χ1) is 7.47. The number of nitriles is 1. The summed E-state index contributed by atoms with van der Waals surface area (Å²) in [5, 5.41) is 11.9. The summed E-state index contributed by atoms with van der Waals surface area (Å²) in [4.78, 5) is 11.1. The van der Waals surface area contributed by atoms with E-state index in [0.29, 0.717) is 12.1 Å². The standard InChI is InChI=1S/C12H15N3O/c1-12(2,11(14)16)15-8-10-6-4-3-5-9(10)7-13/h3-6,15H,8H2,1-2H3,(H2,14,16). The molecule has 0 saturated carbocycles. The zero-order chi connectivity index (χ0) is 12.2. The minimum atomic E-state index is -0.775. The highest BCUT2D eigenvalue weighted by atomic mass is 16.1. The van der Waals surface area contributed by atoms with Crippen molar-refractivity contribution in [2.75, 3.05) is 0 Å². The number of nitrogens with one attached hydrogen (secondary N) is 1. The first kappa shape index (κ1) is 12.2. The SMILES string of the molecule is CC(C)(NCc1ccccc1C#N)C(N)=O. The molecule has 0 aromatic heterocycles. The van der Waals surface area contributed by atoms with E-state index in [1.54, 1.807) is 26.0 Å². The quantitative estimate of drug-likeness (QED) is 0.786. The van der Waals surface area contributed by atoms with Gasteiger partial charge in [0.25, 0.3) is 0 Å². The third-order valence-electron chi connectivity index (χ3n) is 2.47. The second-order valence-corrected chi connectivity index (χ2v) is 4.11. The molecule has 0 heterocycles. The maximum absolute atomic E-state index is 11.1. The Labute approximate surface area is 95.1 Å². The lowest BCUT2D eigenvalue weighted by Crippen LogP contribution is -2.50. The summed E-state index contributed by atoms with van der Waals surface area (Å²) < 4.78 is 0. The van der Waals surface area contributed by atoms with Crippen LogP contribution in [0.5, 0.6) is 0 Å². The highest BCUT2D eigenvalue weighted by molar-refractivity contribution is 5.83. The molecule has 0 aliphatic carbocycles. The highest BCUT2D eigenvalue weighted by Gasteiger charge is 2.23. The second kappa shape index (κ2) is 4.77. The molecule has 0 saturated heterocycles. The van der Waals surface area contributed by atoms with Crippen LogP contribution in [0.3, 0.4) is 0 Å². The molecule has 0 aliphatic heterocycles. The first-order valence-corrected chi connectivity index (χ1v) is 5.00. The Morgan fingerprint density at radius 1 is 1.50 bits per heavy atom. The molecule has 0 spiro atoms. The highest BCUT2D eigenvalue weighted by Crippen LogP contribution is 2.09. The molecular weight excluding hydrogens is 202 g/mol. The molecule has 3 N–H and O–H groups in total. The van der Waals surface area contributed by atoms with Crippen LogP contribution >= 0.6 is 0 Å². The van der Waals surface area contributed by atoms with Crippen LogP contribution < -0.4 is 11.1 Å². The number of hydrogen-bond acceptors (Lipinski definition) is 3. The van der Waals surface area contributed by atoms with Gasteiger partial charge in [-0.1, -0.05) is 18.2 Å². The van der Waals surface area contributed by atoms with Crippen molar-refractivity contribution in [3.63, 3.8) is 0 Å². The van der Waals surface area contributed by atoms with Gasteiger partial charge in [-0.2, -0.15) is 5.26 Å². The molecule has 1 aromatic rings. The lowest BCUT2D eigenvalue weighted by molar-refractivity contribution is -0.123. The minimum Gasteiger partial charge on any atom is -0.368 e. The van der Waals surface area contributed by atoms with E-state index in [0.717, 1.165) is 5.56 Å². The summed E-state index contributed by atoms with van der Waals surface area (Å²) in [5.41, 5.74) is 5.93. The van der Waals surface area contributed by atoms with Crippen molar-refractivity contribution in [3.05, 3.63) is 35.4 Å². The molecule has 0 aliphatic rings. The number of nitrogens with two attached hydrogens (primary N) is 1. The van der Waals surface area contributed by atoms with Crippen molar-refractivity contribution < 1.29 is 4.79 Å². The molecule has 0 radical (unpaired) electrons. The molecule has 1 amide bonds. The third-order valence-corrected chi connectivity index (χ3v) is 2.47. The van der Waals surface area contributed by atoms with Gasteiger partial charge in [-0.3, -0.25) is 10.1 Å². The Morgan fingerprint density at radius 3 is 2.69 bits per heavy atom. The number of primary amides is 1. The lowest BCUT2D eigenvalue weighted by atomic mass is 10.0. The zero-order valence-electron chi connectivity index (χ0n) is 9.45. The Balaban J connectivity index is 2.76. The van der Waals surface area contributed by atoms with Gasteiger partial charge in [0.15, 0.2) is 0 Å². The maximum atomic E-state index is 11.1. The van der Waals surface area contributed by atoms with Crippen LogP contribution in [0.2, 0.25) is 0 Å². The van der Waals surface area contributed by atoms with Crippen molar-refractivity contribution in [2.24, 2.45) is 5.73 Å². The average Bonchev–Trinajstić information content (AvgIpc) is 2.26. The molecule has 4 heteroatoms. The van der Waals surface area contributed by atoms with Crippen LogP contribution in [-0.4, -0.2) is 11.4 Å². The maximum Gasteiger partial charge on any atom is 0.237 e. The van der Waals surface area contributed by atoms with E-state index in [9.17, 15) is 4.79 Å². The number of rotatable bonds is 4. The summed E-state index contributed by atoms with van der Waals surface area (Å²) in [6, 6.07) is 9.36. The van der Waals surface area contributed by atoms with Crippen LogP contribution in [0, 0.1) is 11.3 Å². The smallest absolute Gasteiger partial charge is 0.237 e. The summed E-state index contributed by atoms with van der Waals surface area (Å²) in [6.07, 6.45) is 0. The van der Waals surface area contributed by atoms with Crippen molar-refractivity contribution in [1.29, 1.82) is 5.26 Å². The Hall–Kier alpha value is -1.86. The van der Waals surface area contributed by atoms with Gasteiger partial charge in [0.2, 0.25) is 5.91 Å². The van der Waals surface area contributed by atoms with Gasteiger partial charge in [0.1, 0.15) is 0 Å². The van der Waals surface area contributed by atoms with E-state index in [1.807, 2.05) is 12.1 Å². The predicted molar refractivity (Wildman–Crippen MR) is 61.3 cm³/mol. The van der Waals surface area contributed by atoms with E-state index in [-0.39, 0.29) is 0 Å². The van der Waals surface area contributed by atoms with Crippen molar-refractivity contribution in [1.82, 2.24) is 5.32 Å². The van der Waals surface area contributed by atoms with Crippen molar-refractivity contribution in [2.45, 2.75) is 25.9 Å². The topological polar surface area (TPSA) is 78.9 Å². The Morgan fingerprint density at radius 2 is 2.12 bits per heavy atom. The fourth-order valence-electron chi connectivity index (χ4n) is 1.19. The van der Waals surface area contributed by atoms with E-state index in [1.165, 1.54) is 0 Å². The number of nitrogens with zero attached hydrogens (tertiary/aromatic N) is 1. The Kier molecular flexibility index (Phi) is 3.64. The number of carbonyl (C=O) groups is 1. The van der Waals surface area contributed by atoms with Crippen molar-refractivity contribution in [3.8, 4) is 6.07 Å². The van der Waals surface area contributed by atoms with E-state index in [2.05, 4.69) is 11.4 Å². The van der Waals surface area contributed by atoms with Crippen LogP contribution in [0.25, 0.3) is 0 Å². The number of carbonyl (C=O) groups excluding carboxylic acids is 1. The fourth-order valence-corrected chi connectivity index (χ4v) is 1.19. The van der Waals surface area contributed by atoms with E-state index >= 15 is 0 Å². The average molecular weight is 217 g/mol. The third kappa shape index (κ3) is 2.81. The zero-order valence-corrected chi connectivity index (χ0v) is 9.45. The van der Waals surface area contributed by atoms with Gasteiger partial charge in [-0.05, 0) is 25.5 Å². The van der Waals surface area contributed by atoms with E-state index in [4.69, 9.17) is 11.0 Å². The van der Waals surface area contributed by atoms with Crippen LogP contribution in [0.1, 0.15) is 25.0 Å². The van der Waals surface area contributed by atoms with Gasteiger partial charge in [0.05, 0.1) is 17.2 Å². The second-order valence-electron chi connectivity index (χ2n) is 4.11. The summed E-state index contributed by atoms with van der Waals surface area (Å²) in [5.74, 6) is -0.415. The minimum absolute atomic E-state index is 0.415. The molecule has 0 bridgehead atoms. The fraction of sp³-hybridized carbons (Fsp3) is 0.333. The molecule has 1 aromatic carbocycles. The number of hydrogen-bond donors (Lipinski definition) is 2. The summed E-state index contributed by atoms with van der Waals surface area (Å²) >= 11 is 0. The predicted octanol–water partition coefficient (Wildman–Crippen LogP) is 0.912. The largest absolute Gasteiger partial charge is 0.368 e. The monoisotopic (exact) mass is 217 g/mol. The molecule has 1 rings (SSSR count). The summed E-state index contributed by atoms with van der Waals surface area (Å²) in [7, 11) is 0. The molecule has 0 unspecified atom stereocenters. The summed E-state index contributed by atoms with van der Waals surface area (Å²) in [6.45, 7) is 3.87. The molecule has 84 valence electrons. The number of amides is 1. The molecule has 0 atom stereocenters. The first-order valence-electron chi connectivity index (χ1n) is 5.00. The van der Waals surface area contributed by atoms with Crippen molar-refractivity contribution >= 4 is 5.91 Å². The molecular formula is C12H15N3O. The van der Waals surface area contributed by atoms with Gasteiger partial charge in [-0.25, -0.2) is 0 Å². The van der Waals surface area contributed by atoms with Crippen LogP contribution in [-0.2, 0) is 11.3 Å². The molecule has 16 heavy (non-hydrogen) atoms. The van der Waals surface area contributed by atoms with Crippen LogP contribution in [0.15, 0.2) is 24.3 Å². The number of benzene rings is 1. The van der Waals surface area contributed by atoms with Gasteiger partial charge in [0, 0.05) is 6.54 Å². The van der Waals surface area contributed by atoms with Gasteiger partial charge in [-0.15, -0.1) is 0 Å². The Bertz CT molecular complexity index is 432. The van der Waals surface area contributed by atoms with E-state index < -0.39 is 11.4 Å².